The summed E-state index contributed by atoms with van der Waals surface area (Å²) in [7, 11) is 1.69. The fraction of sp³-hybridized carbons (Fsp3) is 0.467. The third-order valence-electron chi connectivity index (χ3n) is 6.19. The number of hydrogen-bond donors (Lipinski definition) is 1. The van der Waals surface area contributed by atoms with E-state index in [4.69, 9.17) is 4.74 Å². The number of carbonyl (C=O) groups is 1. The molecule has 184 valence electrons. The molecule has 0 radical (unpaired) electrons. The standard InChI is InChI=1S/C30H42N2O2/c1-6-7-8-9-15-29(27-16-18-28(34-5)19-17-27)23(2)21-24(3)30(33)32-25(4)12-10-13-26-14-11-20-31-22-26/h11,14,16-22,25H,6-10,12-13,15H2,1-5H3,(H,32,33)/t25-/m1/s1. The average Bonchev–Trinajstić information content (AvgIpc) is 2.84. The number of rotatable bonds is 14. The largest absolute Gasteiger partial charge is 0.497 e. The molecule has 0 aliphatic heterocycles. The van der Waals surface area contributed by atoms with E-state index < -0.39 is 0 Å². The van der Waals surface area contributed by atoms with E-state index in [2.05, 4.69) is 49.3 Å². The Morgan fingerprint density at radius 3 is 2.50 bits per heavy atom. The summed E-state index contributed by atoms with van der Waals surface area (Å²) in [6.45, 7) is 8.33. The van der Waals surface area contributed by atoms with E-state index in [1.165, 1.54) is 36.0 Å². The summed E-state index contributed by atoms with van der Waals surface area (Å²) in [5.41, 5.74) is 5.64. The molecule has 4 nitrogen and oxygen atoms in total. The molecule has 1 amide bonds. The Morgan fingerprint density at radius 2 is 1.85 bits per heavy atom. The van der Waals surface area contributed by atoms with Gasteiger partial charge in [0.25, 0.3) is 0 Å². The Labute approximate surface area is 206 Å². The molecule has 0 aliphatic carbocycles. The average molecular weight is 463 g/mol. The molecule has 0 bridgehead atoms. The Hall–Kier alpha value is -2.88. The van der Waals surface area contributed by atoms with Gasteiger partial charge < -0.3 is 10.1 Å². The molecule has 1 atom stereocenters. The smallest absolute Gasteiger partial charge is 0.247 e. The summed E-state index contributed by atoms with van der Waals surface area (Å²) in [6, 6.07) is 12.4. The first-order valence-corrected chi connectivity index (χ1v) is 12.7. The predicted octanol–water partition coefficient (Wildman–Crippen LogP) is 7.31. The lowest BCUT2D eigenvalue weighted by atomic mass is 9.94. The van der Waals surface area contributed by atoms with Crippen molar-refractivity contribution in [3.05, 3.63) is 77.1 Å². The fourth-order valence-electron chi connectivity index (χ4n) is 4.14. The molecule has 0 saturated heterocycles. The molecule has 1 N–H and O–H groups in total. The van der Waals surface area contributed by atoms with E-state index in [1.54, 1.807) is 13.3 Å². The van der Waals surface area contributed by atoms with Crippen molar-refractivity contribution >= 4 is 11.5 Å². The number of hydrogen-bond acceptors (Lipinski definition) is 3. The van der Waals surface area contributed by atoms with Crippen molar-refractivity contribution in [3.8, 4) is 5.75 Å². The van der Waals surface area contributed by atoms with Crippen molar-refractivity contribution in [2.45, 2.75) is 85.1 Å². The van der Waals surface area contributed by atoms with Gasteiger partial charge in [0, 0.05) is 24.0 Å². The monoisotopic (exact) mass is 462 g/mol. The van der Waals surface area contributed by atoms with Gasteiger partial charge in [-0.2, -0.15) is 0 Å². The summed E-state index contributed by atoms with van der Waals surface area (Å²) in [6.07, 6.45) is 14.6. The van der Waals surface area contributed by atoms with Gasteiger partial charge in [0.15, 0.2) is 0 Å². The van der Waals surface area contributed by atoms with Crippen LogP contribution in [-0.4, -0.2) is 24.0 Å². The summed E-state index contributed by atoms with van der Waals surface area (Å²) >= 11 is 0. The molecular weight excluding hydrogens is 420 g/mol. The number of carbonyl (C=O) groups excluding carboxylic acids is 1. The summed E-state index contributed by atoms with van der Waals surface area (Å²) in [5, 5.41) is 3.16. The van der Waals surface area contributed by atoms with Crippen molar-refractivity contribution in [1.82, 2.24) is 10.3 Å². The van der Waals surface area contributed by atoms with Gasteiger partial charge in [-0.1, -0.05) is 50.5 Å². The van der Waals surface area contributed by atoms with Crippen molar-refractivity contribution in [1.29, 1.82) is 0 Å². The molecule has 0 saturated carbocycles. The van der Waals surface area contributed by atoms with E-state index in [0.29, 0.717) is 0 Å². The number of nitrogens with zero attached hydrogens (tertiary/aromatic N) is 1. The molecule has 0 spiro atoms. The van der Waals surface area contributed by atoms with Crippen LogP contribution in [0.3, 0.4) is 0 Å². The highest BCUT2D eigenvalue weighted by Crippen LogP contribution is 2.28. The third kappa shape index (κ3) is 9.54. The minimum Gasteiger partial charge on any atom is -0.497 e. The zero-order valence-corrected chi connectivity index (χ0v) is 21.7. The number of amides is 1. The van der Waals surface area contributed by atoms with Gasteiger partial charge in [0.1, 0.15) is 5.75 Å². The van der Waals surface area contributed by atoms with Crippen LogP contribution in [0, 0.1) is 0 Å². The van der Waals surface area contributed by atoms with Crippen molar-refractivity contribution < 1.29 is 9.53 Å². The van der Waals surface area contributed by atoms with Gasteiger partial charge in [-0.05, 0) is 93.3 Å². The van der Waals surface area contributed by atoms with Crippen LogP contribution in [0.1, 0.15) is 83.8 Å². The number of benzene rings is 1. The minimum absolute atomic E-state index is 0.00768. The summed E-state index contributed by atoms with van der Waals surface area (Å²) in [5.74, 6) is 0.864. The second kappa shape index (κ2) is 15.1. The summed E-state index contributed by atoms with van der Waals surface area (Å²) in [4.78, 5) is 17.0. The number of pyridine rings is 1. The van der Waals surface area contributed by atoms with Crippen LogP contribution in [0.15, 0.2) is 66.0 Å². The molecule has 0 fully saturated rings. The van der Waals surface area contributed by atoms with E-state index >= 15 is 0 Å². The second-order valence-corrected chi connectivity index (χ2v) is 9.16. The lowest BCUT2D eigenvalue weighted by molar-refractivity contribution is -0.118. The molecule has 2 aromatic rings. The molecule has 34 heavy (non-hydrogen) atoms. The molecule has 1 heterocycles. The van der Waals surface area contributed by atoms with E-state index in [9.17, 15) is 4.79 Å². The van der Waals surface area contributed by atoms with Crippen LogP contribution in [0.5, 0.6) is 5.75 Å². The van der Waals surface area contributed by atoms with Crippen LogP contribution >= 0.6 is 0 Å². The van der Waals surface area contributed by atoms with E-state index in [0.717, 1.165) is 49.0 Å². The number of aromatic nitrogens is 1. The highest BCUT2D eigenvalue weighted by Gasteiger charge is 2.11. The molecular formula is C30H42N2O2. The highest BCUT2D eigenvalue weighted by atomic mass is 16.5. The molecule has 1 aromatic heterocycles. The molecule has 2 rings (SSSR count). The van der Waals surface area contributed by atoms with Gasteiger partial charge in [-0.25, -0.2) is 0 Å². The van der Waals surface area contributed by atoms with Crippen molar-refractivity contribution in [2.24, 2.45) is 0 Å². The maximum atomic E-state index is 12.8. The van der Waals surface area contributed by atoms with Crippen molar-refractivity contribution in [2.75, 3.05) is 7.11 Å². The number of unbranched alkanes of at least 4 members (excludes halogenated alkanes) is 3. The maximum Gasteiger partial charge on any atom is 0.247 e. The number of aryl methyl sites for hydroxylation is 1. The topological polar surface area (TPSA) is 51.2 Å². The predicted molar refractivity (Wildman–Crippen MR) is 143 cm³/mol. The zero-order chi connectivity index (χ0) is 24.8. The Balaban J connectivity index is 2.03. The highest BCUT2D eigenvalue weighted by molar-refractivity contribution is 5.94. The molecule has 1 aromatic carbocycles. The molecule has 4 heteroatoms. The molecule has 0 aliphatic rings. The number of ether oxygens (including phenoxy) is 1. The van der Waals surface area contributed by atoms with E-state index in [-0.39, 0.29) is 11.9 Å². The van der Waals surface area contributed by atoms with Gasteiger partial charge in [-0.15, -0.1) is 0 Å². The Bertz CT molecular complexity index is 930. The Kier molecular flexibility index (Phi) is 12.2. The first-order valence-electron chi connectivity index (χ1n) is 12.7. The number of nitrogens with one attached hydrogen (secondary N) is 1. The van der Waals surface area contributed by atoms with Crippen LogP contribution in [0.4, 0.5) is 0 Å². The third-order valence-corrected chi connectivity index (χ3v) is 6.19. The van der Waals surface area contributed by atoms with Crippen LogP contribution < -0.4 is 10.1 Å². The molecule has 0 unspecified atom stereocenters. The quantitative estimate of drug-likeness (QED) is 0.182. The fourth-order valence-corrected chi connectivity index (χ4v) is 4.14. The number of methoxy groups -OCH3 is 1. The van der Waals surface area contributed by atoms with Gasteiger partial charge in [0.05, 0.1) is 7.11 Å². The van der Waals surface area contributed by atoms with Gasteiger partial charge >= 0.3 is 0 Å². The van der Waals surface area contributed by atoms with Gasteiger partial charge in [-0.3, -0.25) is 9.78 Å². The van der Waals surface area contributed by atoms with E-state index in [1.807, 2.05) is 37.4 Å². The lowest BCUT2D eigenvalue weighted by Gasteiger charge is -2.15. The van der Waals surface area contributed by atoms with Crippen LogP contribution in [0.25, 0.3) is 5.57 Å². The lowest BCUT2D eigenvalue weighted by Crippen LogP contribution is -2.33. The Morgan fingerprint density at radius 1 is 1.09 bits per heavy atom. The zero-order valence-electron chi connectivity index (χ0n) is 21.7. The maximum absolute atomic E-state index is 12.8. The number of allylic oxidation sites excluding steroid dienone is 3. The van der Waals surface area contributed by atoms with Crippen molar-refractivity contribution in [3.63, 3.8) is 0 Å². The minimum atomic E-state index is 0.00768. The normalized spacial score (nSPS) is 13.3. The first-order chi connectivity index (χ1) is 16.4. The van der Waals surface area contributed by atoms with Crippen LogP contribution in [0.2, 0.25) is 0 Å². The van der Waals surface area contributed by atoms with Crippen LogP contribution in [-0.2, 0) is 11.2 Å². The first kappa shape index (κ1) is 27.4. The summed E-state index contributed by atoms with van der Waals surface area (Å²) < 4.78 is 5.32. The SMILES string of the molecule is CCCCCCC(=C(C)C=C(C)C(=O)N[C@H](C)CCCc1cccnc1)c1ccc(OC)cc1. The second-order valence-electron chi connectivity index (χ2n) is 9.16. The van der Waals surface area contributed by atoms with Gasteiger partial charge in [0.2, 0.25) is 5.91 Å².